The Kier molecular flexibility index (Phi) is 6.45. The standard InChI is InChI=1S/C23H26F2N6/c1-26-23(27-12-10-17-14-28-31(15-17)19-6-3-2-4-7-19)29-18-11-13-30(16-18)22-20(24)8-5-9-21(22)25/h2-9,14-15,18H,10-13,16H2,1H3,(H2,26,27,29). The second-order valence-corrected chi connectivity index (χ2v) is 7.52. The Labute approximate surface area is 180 Å². The summed E-state index contributed by atoms with van der Waals surface area (Å²) in [6.45, 7) is 1.80. The molecule has 3 aromatic rings. The molecule has 1 unspecified atom stereocenters. The number of halogens is 2. The highest BCUT2D eigenvalue weighted by molar-refractivity contribution is 5.80. The van der Waals surface area contributed by atoms with Gasteiger partial charge in [-0.05, 0) is 42.7 Å². The fraction of sp³-hybridized carbons (Fsp3) is 0.304. The van der Waals surface area contributed by atoms with Crippen LogP contribution in [0.4, 0.5) is 14.5 Å². The van der Waals surface area contributed by atoms with Crippen molar-refractivity contribution < 1.29 is 8.78 Å². The summed E-state index contributed by atoms with van der Waals surface area (Å²) in [7, 11) is 1.71. The van der Waals surface area contributed by atoms with Crippen molar-refractivity contribution in [2.45, 2.75) is 18.9 Å². The van der Waals surface area contributed by atoms with Gasteiger partial charge in [0.05, 0.1) is 11.9 Å². The molecule has 1 aromatic heterocycles. The lowest BCUT2D eigenvalue weighted by atomic mass is 10.2. The van der Waals surface area contributed by atoms with Crippen LogP contribution in [-0.2, 0) is 6.42 Å². The molecule has 162 valence electrons. The van der Waals surface area contributed by atoms with Crippen molar-refractivity contribution in [1.29, 1.82) is 0 Å². The van der Waals surface area contributed by atoms with E-state index in [4.69, 9.17) is 0 Å². The van der Waals surface area contributed by atoms with Crippen LogP contribution in [0.25, 0.3) is 5.69 Å². The number of rotatable bonds is 6. The second-order valence-electron chi connectivity index (χ2n) is 7.52. The van der Waals surface area contributed by atoms with Crippen molar-refractivity contribution >= 4 is 11.6 Å². The van der Waals surface area contributed by atoms with Gasteiger partial charge in [0.1, 0.15) is 17.3 Å². The van der Waals surface area contributed by atoms with E-state index in [1.54, 1.807) is 11.9 Å². The molecule has 1 aliphatic heterocycles. The van der Waals surface area contributed by atoms with Gasteiger partial charge in [0.25, 0.3) is 0 Å². The number of nitrogens with one attached hydrogen (secondary N) is 2. The first-order chi connectivity index (χ1) is 15.1. The molecule has 0 amide bonds. The smallest absolute Gasteiger partial charge is 0.191 e. The van der Waals surface area contributed by atoms with Gasteiger partial charge in [0, 0.05) is 38.9 Å². The van der Waals surface area contributed by atoms with Crippen LogP contribution in [0.15, 0.2) is 65.9 Å². The summed E-state index contributed by atoms with van der Waals surface area (Å²) in [5.74, 6) is -0.380. The molecule has 4 rings (SSSR count). The number of aromatic nitrogens is 2. The number of nitrogens with zero attached hydrogens (tertiary/aromatic N) is 4. The van der Waals surface area contributed by atoms with Gasteiger partial charge < -0.3 is 15.5 Å². The number of aliphatic imine (C=N–C) groups is 1. The molecule has 2 aromatic carbocycles. The maximum absolute atomic E-state index is 14.1. The zero-order chi connectivity index (χ0) is 21.6. The zero-order valence-electron chi connectivity index (χ0n) is 17.4. The molecule has 0 saturated carbocycles. The van der Waals surface area contributed by atoms with Crippen molar-refractivity contribution in [3.8, 4) is 5.69 Å². The fourth-order valence-electron chi connectivity index (χ4n) is 3.80. The van der Waals surface area contributed by atoms with Crippen molar-refractivity contribution in [2.75, 3.05) is 31.6 Å². The van der Waals surface area contributed by atoms with Crippen molar-refractivity contribution in [1.82, 2.24) is 20.4 Å². The van der Waals surface area contributed by atoms with E-state index in [9.17, 15) is 8.78 Å². The lowest BCUT2D eigenvalue weighted by Crippen LogP contribution is -2.45. The van der Waals surface area contributed by atoms with Crippen LogP contribution in [0.2, 0.25) is 0 Å². The normalized spacial score (nSPS) is 16.5. The number of hydrogen-bond acceptors (Lipinski definition) is 3. The van der Waals surface area contributed by atoms with Gasteiger partial charge in [0.15, 0.2) is 5.96 Å². The third-order valence-corrected chi connectivity index (χ3v) is 5.37. The van der Waals surface area contributed by atoms with Crippen LogP contribution in [0.5, 0.6) is 0 Å². The summed E-state index contributed by atoms with van der Waals surface area (Å²) < 4.78 is 30.0. The predicted molar refractivity (Wildman–Crippen MR) is 119 cm³/mol. The Morgan fingerprint density at radius 1 is 1.13 bits per heavy atom. The molecule has 0 spiro atoms. The third kappa shape index (κ3) is 5.02. The Morgan fingerprint density at radius 3 is 2.65 bits per heavy atom. The first-order valence-electron chi connectivity index (χ1n) is 10.4. The van der Waals surface area contributed by atoms with Crippen LogP contribution in [0, 0.1) is 11.6 Å². The number of guanidine groups is 1. The van der Waals surface area contributed by atoms with Gasteiger partial charge in [-0.3, -0.25) is 4.99 Å². The average Bonchev–Trinajstić information content (AvgIpc) is 3.43. The van der Waals surface area contributed by atoms with E-state index >= 15 is 0 Å². The van der Waals surface area contributed by atoms with E-state index in [-0.39, 0.29) is 11.7 Å². The molecular formula is C23H26F2N6. The first kappa shape index (κ1) is 20.8. The molecule has 31 heavy (non-hydrogen) atoms. The summed E-state index contributed by atoms with van der Waals surface area (Å²) in [4.78, 5) is 6.02. The largest absolute Gasteiger partial charge is 0.365 e. The maximum Gasteiger partial charge on any atom is 0.191 e. The SMILES string of the molecule is CN=C(NCCc1cnn(-c2ccccc2)c1)NC1CCN(c2c(F)cccc2F)C1. The number of para-hydroxylation sites is 2. The van der Waals surface area contributed by atoms with Gasteiger partial charge in [-0.2, -0.15) is 5.10 Å². The maximum atomic E-state index is 14.1. The van der Waals surface area contributed by atoms with E-state index in [1.165, 1.54) is 18.2 Å². The minimum absolute atomic E-state index is 0.0465. The van der Waals surface area contributed by atoms with Crippen molar-refractivity contribution in [3.05, 3.63) is 78.1 Å². The monoisotopic (exact) mass is 424 g/mol. The Hall–Kier alpha value is -3.42. The average molecular weight is 424 g/mol. The van der Waals surface area contributed by atoms with Gasteiger partial charge >= 0.3 is 0 Å². The molecule has 8 heteroatoms. The van der Waals surface area contributed by atoms with E-state index in [0.717, 1.165) is 24.1 Å². The van der Waals surface area contributed by atoms with E-state index < -0.39 is 11.6 Å². The fourth-order valence-corrected chi connectivity index (χ4v) is 3.80. The molecule has 0 aliphatic carbocycles. The molecule has 1 atom stereocenters. The summed E-state index contributed by atoms with van der Waals surface area (Å²) in [6, 6.07) is 14.0. The van der Waals surface area contributed by atoms with Crippen LogP contribution in [-0.4, -0.2) is 48.5 Å². The van der Waals surface area contributed by atoms with E-state index in [0.29, 0.717) is 25.6 Å². The van der Waals surface area contributed by atoms with Crippen LogP contribution in [0.3, 0.4) is 0 Å². The third-order valence-electron chi connectivity index (χ3n) is 5.37. The summed E-state index contributed by atoms with van der Waals surface area (Å²) >= 11 is 0. The number of benzene rings is 2. The molecule has 1 aliphatic rings. The van der Waals surface area contributed by atoms with E-state index in [2.05, 4.69) is 20.7 Å². The Morgan fingerprint density at radius 2 is 1.90 bits per heavy atom. The molecule has 6 nitrogen and oxygen atoms in total. The van der Waals surface area contributed by atoms with Gasteiger partial charge in [-0.25, -0.2) is 13.5 Å². The summed E-state index contributed by atoms with van der Waals surface area (Å²) in [5, 5.41) is 11.1. The molecular weight excluding hydrogens is 398 g/mol. The first-order valence-corrected chi connectivity index (χ1v) is 10.4. The zero-order valence-corrected chi connectivity index (χ0v) is 17.4. The highest BCUT2D eigenvalue weighted by Gasteiger charge is 2.27. The van der Waals surface area contributed by atoms with Crippen LogP contribution >= 0.6 is 0 Å². The highest BCUT2D eigenvalue weighted by atomic mass is 19.1. The second kappa shape index (κ2) is 9.59. The Bertz CT molecular complexity index is 1010. The topological polar surface area (TPSA) is 57.5 Å². The molecule has 2 heterocycles. The number of anilines is 1. The Balaban J connectivity index is 1.27. The molecule has 2 N–H and O–H groups in total. The lowest BCUT2D eigenvalue weighted by molar-refractivity contribution is 0.576. The van der Waals surface area contributed by atoms with Crippen molar-refractivity contribution in [3.63, 3.8) is 0 Å². The molecule has 1 fully saturated rings. The van der Waals surface area contributed by atoms with Gasteiger partial charge in [0.2, 0.25) is 0 Å². The summed E-state index contributed by atoms with van der Waals surface area (Å²) in [6.07, 6.45) is 5.46. The van der Waals surface area contributed by atoms with Crippen LogP contribution < -0.4 is 15.5 Å². The van der Waals surface area contributed by atoms with Crippen molar-refractivity contribution in [2.24, 2.45) is 4.99 Å². The van der Waals surface area contributed by atoms with E-state index in [1.807, 2.05) is 47.4 Å². The predicted octanol–water partition coefficient (Wildman–Crippen LogP) is 3.14. The summed E-state index contributed by atoms with van der Waals surface area (Å²) in [5.41, 5.74) is 2.19. The van der Waals surface area contributed by atoms with Gasteiger partial charge in [-0.15, -0.1) is 0 Å². The molecule has 0 radical (unpaired) electrons. The minimum atomic E-state index is -0.529. The number of hydrogen-bond donors (Lipinski definition) is 2. The molecule has 1 saturated heterocycles. The van der Waals surface area contributed by atoms with Gasteiger partial charge in [-0.1, -0.05) is 24.3 Å². The molecule has 0 bridgehead atoms. The highest BCUT2D eigenvalue weighted by Crippen LogP contribution is 2.26. The lowest BCUT2D eigenvalue weighted by Gasteiger charge is -2.21. The minimum Gasteiger partial charge on any atom is -0.365 e. The van der Waals surface area contributed by atoms with Crippen LogP contribution in [0.1, 0.15) is 12.0 Å². The quantitative estimate of drug-likeness (QED) is 0.472.